The second-order valence-electron chi connectivity index (χ2n) is 8.47. The number of nitrogens with zero attached hydrogens (tertiary/aromatic N) is 3. The normalized spacial score (nSPS) is 14.0. The molecule has 0 aliphatic heterocycles. The predicted octanol–water partition coefficient (Wildman–Crippen LogP) is 1.33. The molecule has 4 rings (SSSR count). The summed E-state index contributed by atoms with van der Waals surface area (Å²) in [5, 5.41) is 0. The summed E-state index contributed by atoms with van der Waals surface area (Å²) in [5.41, 5.74) is 0.00185. The number of hydrogen-bond acceptors (Lipinski definition) is 7. The quantitative estimate of drug-likeness (QED) is 0.431. The molecule has 2 heterocycles. The lowest BCUT2D eigenvalue weighted by molar-refractivity contribution is 0.0458. The van der Waals surface area contributed by atoms with Gasteiger partial charge in [-0.3, -0.25) is 14.3 Å². The monoisotopic (exact) mass is 489 g/mol. The number of carbonyl (C=O) groups excluding carboxylic acids is 1. The Balaban J connectivity index is 1.60. The van der Waals surface area contributed by atoms with E-state index in [-0.39, 0.29) is 40.1 Å². The maximum atomic E-state index is 12.8. The van der Waals surface area contributed by atoms with Gasteiger partial charge in [0.25, 0.3) is 5.56 Å². The molecule has 0 saturated heterocycles. The topological polar surface area (TPSA) is 145 Å². The van der Waals surface area contributed by atoms with Gasteiger partial charge >= 0.3 is 11.7 Å². The smallest absolute Gasteiger partial charge is 0.338 e. The highest BCUT2D eigenvalue weighted by molar-refractivity contribution is 7.89. The number of fused-ring (bicyclic) bond motifs is 1. The van der Waals surface area contributed by atoms with Gasteiger partial charge in [0.05, 0.1) is 10.5 Å². The predicted molar refractivity (Wildman–Crippen MR) is 124 cm³/mol. The van der Waals surface area contributed by atoms with Crippen LogP contribution in [0.15, 0.2) is 32.7 Å². The minimum Gasteiger partial charge on any atom is -0.454 e. The van der Waals surface area contributed by atoms with E-state index in [9.17, 15) is 22.8 Å². The van der Waals surface area contributed by atoms with Crippen LogP contribution in [0, 0.1) is 6.92 Å². The molecule has 182 valence electrons. The van der Waals surface area contributed by atoms with Gasteiger partial charge in [-0.1, -0.05) is 19.4 Å². The van der Waals surface area contributed by atoms with Crippen molar-refractivity contribution in [3.63, 3.8) is 0 Å². The lowest BCUT2D eigenvalue weighted by Gasteiger charge is -2.10. The van der Waals surface area contributed by atoms with Crippen molar-refractivity contribution < 1.29 is 17.9 Å². The first-order valence-corrected chi connectivity index (χ1v) is 12.6. The summed E-state index contributed by atoms with van der Waals surface area (Å²) in [7, 11) is -2.13. The number of nitrogens with one attached hydrogen (secondary N) is 2. The highest BCUT2D eigenvalue weighted by Crippen LogP contribution is 2.23. The number of sulfonamides is 1. The van der Waals surface area contributed by atoms with Crippen molar-refractivity contribution in [2.75, 3.05) is 0 Å². The zero-order valence-corrected chi connectivity index (χ0v) is 20.1. The van der Waals surface area contributed by atoms with Crippen LogP contribution in [0.3, 0.4) is 0 Å². The number of rotatable bonds is 9. The molecule has 1 aromatic carbocycles. The summed E-state index contributed by atoms with van der Waals surface area (Å²) < 4.78 is 35.9. The largest absolute Gasteiger partial charge is 0.454 e. The SMILES string of the molecule is CCCCn1c(=O)[nH]c(=O)c2c1nc(COC(=O)c1cc(S(=O)(=O)NC3CC3)ccc1C)n2C. The first-order valence-electron chi connectivity index (χ1n) is 11.1. The Morgan fingerprint density at radius 2 is 2.03 bits per heavy atom. The van der Waals surface area contributed by atoms with Crippen LogP contribution in [0.2, 0.25) is 0 Å². The molecule has 0 unspecified atom stereocenters. The molecular formula is C22H27N5O6S. The Morgan fingerprint density at radius 1 is 1.29 bits per heavy atom. The summed E-state index contributed by atoms with van der Waals surface area (Å²) >= 11 is 0. The summed E-state index contributed by atoms with van der Waals surface area (Å²) in [6.07, 6.45) is 3.19. The molecule has 2 N–H and O–H groups in total. The number of aryl methyl sites for hydroxylation is 3. The summed E-state index contributed by atoms with van der Waals surface area (Å²) in [5.74, 6) is -0.438. The molecule has 3 aromatic rings. The minimum atomic E-state index is -3.73. The fourth-order valence-corrected chi connectivity index (χ4v) is 4.96. The van der Waals surface area contributed by atoms with Crippen LogP contribution in [-0.4, -0.2) is 39.5 Å². The van der Waals surface area contributed by atoms with Gasteiger partial charge in [0, 0.05) is 19.6 Å². The van der Waals surface area contributed by atoms with Crippen molar-refractivity contribution in [3.05, 3.63) is 56.0 Å². The third kappa shape index (κ3) is 4.68. The number of unbranched alkanes of at least 4 members (excludes halogenated alkanes) is 1. The van der Waals surface area contributed by atoms with Crippen molar-refractivity contribution in [1.82, 2.24) is 23.8 Å². The zero-order chi connectivity index (χ0) is 24.6. The molecule has 0 radical (unpaired) electrons. The molecule has 12 heteroatoms. The van der Waals surface area contributed by atoms with E-state index in [0.717, 1.165) is 25.7 Å². The molecule has 1 saturated carbocycles. The lowest BCUT2D eigenvalue weighted by atomic mass is 10.1. The molecule has 0 atom stereocenters. The Labute approximate surface area is 195 Å². The Bertz CT molecular complexity index is 1480. The van der Waals surface area contributed by atoms with E-state index < -0.39 is 27.2 Å². The third-order valence-corrected chi connectivity index (χ3v) is 7.33. The Hall–Kier alpha value is -3.25. The molecule has 1 fully saturated rings. The molecule has 2 aromatic heterocycles. The molecule has 1 aliphatic rings. The maximum absolute atomic E-state index is 12.8. The lowest BCUT2D eigenvalue weighted by Crippen LogP contribution is -2.31. The number of hydrogen-bond donors (Lipinski definition) is 2. The number of esters is 1. The van der Waals surface area contributed by atoms with E-state index in [2.05, 4.69) is 14.7 Å². The average molecular weight is 490 g/mol. The van der Waals surface area contributed by atoms with Crippen LogP contribution in [0.5, 0.6) is 0 Å². The van der Waals surface area contributed by atoms with Gasteiger partial charge in [-0.05, 0) is 43.9 Å². The van der Waals surface area contributed by atoms with E-state index in [4.69, 9.17) is 4.74 Å². The third-order valence-electron chi connectivity index (χ3n) is 5.81. The van der Waals surface area contributed by atoms with E-state index >= 15 is 0 Å². The summed E-state index contributed by atoms with van der Waals surface area (Å²) in [6.45, 7) is 3.81. The van der Waals surface area contributed by atoms with Crippen molar-refractivity contribution in [2.45, 2.75) is 63.6 Å². The van der Waals surface area contributed by atoms with Crippen molar-refractivity contribution in [2.24, 2.45) is 7.05 Å². The van der Waals surface area contributed by atoms with Gasteiger partial charge in [-0.25, -0.2) is 27.7 Å². The van der Waals surface area contributed by atoms with Gasteiger partial charge in [0.15, 0.2) is 11.2 Å². The highest BCUT2D eigenvalue weighted by Gasteiger charge is 2.29. The number of ether oxygens (including phenoxy) is 1. The number of aromatic amines is 1. The Morgan fingerprint density at radius 3 is 2.71 bits per heavy atom. The fraction of sp³-hybridized carbons (Fsp3) is 0.455. The first-order chi connectivity index (χ1) is 16.1. The van der Waals surface area contributed by atoms with E-state index in [0.29, 0.717) is 12.1 Å². The van der Waals surface area contributed by atoms with Crippen LogP contribution in [0.1, 0.15) is 54.4 Å². The standard InChI is InChI=1S/C22H27N5O6S/c1-4-5-10-27-19-18(20(28)24-22(27)30)26(3)17(23-19)12-33-21(29)16-11-15(9-6-13(16)2)34(31,32)25-14-7-8-14/h6,9,11,14,25H,4-5,7-8,10,12H2,1-3H3,(H,24,28,30). The molecular weight excluding hydrogens is 462 g/mol. The van der Waals surface area contributed by atoms with Gasteiger partial charge in [-0.2, -0.15) is 0 Å². The Kier molecular flexibility index (Phi) is 6.45. The van der Waals surface area contributed by atoms with Crippen LogP contribution in [-0.2, 0) is 35.0 Å². The molecule has 11 nitrogen and oxygen atoms in total. The number of benzene rings is 1. The summed E-state index contributed by atoms with van der Waals surface area (Å²) in [4.78, 5) is 44.1. The van der Waals surface area contributed by atoms with Gasteiger partial charge in [0.2, 0.25) is 10.0 Å². The fourth-order valence-electron chi connectivity index (χ4n) is 3.63. The molecule has 0 spiro atoms. The maximum Gasteiger partial charge on any atom is 0.338 e. The first kappa shape index (κ1) is 23.9. The number of imidazole rings is 1. The van der Waals surface area contributed by atoms with E-state index in [1.807, 2.05) is 6.92 Å². The molecule has 0 bridgehead atoms. The highest BCUT2D eigenvalue weighted by atomic mass is 32.2. The van der Waals surface area contributed by atoms with Crippen LogP contribution in [0.4, 0.5) is 0 Å². The van der Waals surface area contributed by atoms with Crippen LogP contribution in [0.25, 0.3) is 11.2 Å². The zero-order valence-electron chi connectivity index (χ0n) is 19.3. The number of aromatic nitrogens is 4. The van der Waals surface area contributed by atoms with Crippen LogP contribution < -0.4 is 16.0 Å². The van der Waals surface area contributed by atoms with E-state index in [1.165, 1.54) is 21.3 Å². The van der Waals surface area contributed by atoms with Gasteiger partial charge < -0.3 is 9.30 Å². The van der Waals surface area contributed by atoms with Gasteiger partial charge in [-0.15, -0.1) is 0 Å². The number of carbonyl (C=O) groups is 1. The molecule has 1 aliphatic carbocycles. The van der Waals surface area contributed by atoms with Crippen LogP contribution >= 0.6 is 0 Å². The average Bonchev–Trinajstić information content (AvgIpc) is 3.52. The summed E-state index contributed by atoms with van der Waals surface area (Å²) in [6, 6.07) is 4.24. The van der Waals surface area contributed by atoms with Crippen molar-refractivity contribution >= 4 is 27.2 Å². The molecule has 34 heavy (non-hydrogen) atoms. The second kappa shape index (κ2) is 9.18. The molecule has 0 amide bonds. The minimum absolute atomic E-state index is 0.00819. The number of H-pyrrole nitrogens is 1. The second-order valence-corrected chi connectivity index (χ2v) is 10.2. The van der Waals surface area contributed by atoms with Gasteiger partial charge in [0.1, 0.15) is 12.4 Å². The van der Waals surface area contributed by atoms with Crippen molar-refractivity contribution in [1.29, 1.82) is 0 Å². The van der Waals surface area contributed by atoms with E-state index in [1.54, 1.807) is 20.0 Å². The van der Waals surface area contributed by atoms with Crippen molar-refractivity contribution in [3.8, 4) is 0 Å².